The Hall–Kier alpha value is 0.0700. The van der Waals surface area contributed by atoms with Gasteiger partial charge in [0.25, 0.3) is 0 Å². The lowest BCUT2D eigenvalue weighted by atomic mass is 10.2. The highest BCUT2D eigenvalue weighted by atomic mass is 31.2. The van der Waals surface area contributed by atoms with Crippen LogP contribution in [0.4, 0.5) is 0 Å². The van der Waals surface area contributed by atoms with Crippen LogP contribution < -0.4 is 5.32 Å². The van der Waals surface area contributed by atoms with Crippen molar-refractivity contribution in [3.63, 3.8) is 0 Å². The molecule has 12 heavy (non-hydrogen) atoms. The average molecular weight is 195 g/mol. The number of phosphoric acid groups is 1. The van der Waals surface area contributed by atoms with E-state index in [1.165, 1.54) is 0 Å². The van der Waals surface area contributed by atoms with Gasteiger partial charge in [-0.15, -0.1) is 0 Å². The summed E-state index contributed by atoms with van der Waals surface area (Å²) in [6, 6.07) is 0.372. The van der Waals surface area contributed by atoms with Gasteiger partial charge in [0.2, 0.25) is 0 Å². The standard InChI is InChI=1S/C6H14NO4P/c8-12(9,10)11-5-3-6-2-1-4-7-6/h6-7H,1-5H2,(H2,8,9,10). The Morgan fingerprint density at radius 3 is 2.83 bits per heavy atom. The Morgan fingerprint density at radius 1 is 1.58 bits per heavy atom. The number of rotatable bonds is 4. The minimum absolute atomic E-state index is 0.127. The van der Waals surface area contributed by atoms with Crippen molar-refractivity contribution in [1.82, 2.24) is 5.32 Å². The lowest BCUT2D eigenvalue weighted by Crippen LogP contribution is -2.22. The third-order valence-corrected chi connectivity index (χ3v) is 2.41. The molecule has 1 fully saturated rings. The van der Waals surface area contributed by atoms with Crippen LogP contribution >= 0.6 is 7.82 Å². The Morgan fingerprint density at radius 2 is 2.33 bits per heavy atom. The van der Waals surface area contributed by atoms with Crippen molar-refractivity contribution in [3.05, 3.63) is 0 Å². The van der Waals surface area contributed by atoms with E-state index in [-0.39, 0.29) is 6.61 Å². The predicted octanol–water partition coefficient (Wildman–Crippen LogP) is 0.238. The minimum Gasteiger partial charge on any atom is -0.314 e. The smallest absolute Gasteiger partial charge is 0.314 e. The van der Waals surface area contributed by atoms with Crippen LogP contribution in [0.2, 0.25) is 0 Å². The molecule has 0 spiro atoms. The number of nitrogens with one attached hydrogen (secondary N) is 1. The summed E-state index contributed by atoms with van der Waals surface area (Å²) in [4.78, 5) is 16.7. The highest BCUT2D eigenvalue weighted by Crippen LogP contribution is 2.35. The number of hydrogen-bond acceptors (Lipinski definition) is 3. The van der Waals surface area contributed by atoms with Crippen LogP contribution in [-0.4, -0.2) is 29.0 Å². The first-order chi connectivity index (χ1) is 5.58. The fraction of sp³-hybridized carbons (Fsp3) is 1.00. The maximum atomic E-state index is 10.3. The largest absolute Gasteiger partial charge is 0.469 e. The summed E-state index contributed by atoms with van der Waals surface area (Å²) in [6.07, 6.45) is 2.89. The molecule has 3 N–H and O–H groups in total. The van der Waals surface area contributed by atoms with E-state index in [2.05, 4.69) is 9.84 Å². The third kappa shape index (κ3) is 4.18. The second-order valence-corrected chi connectivity index (χ2v) is 4.15. The molecule has 0 aliphatic carbocycles. The first-order valence-corrected chi connectivity index (χ1v) is 5.54. The first-order valence-electron chi connectivity index (χ1n) is 4.01. The zero-order valence-electron chi connectivity index (χ0n) is 6.77. The highest BCUT2D eigenvalue weighted by Gasteiger charge is 2.17. The first kappa shape index (κ1) is 10.2. The molecule has 0 saturated carbocycles. The molecule has 1 aliphatic rings. The minimum atomic E-state index is -4.25. The molecule has 0 aromatic heterocycles. The summed E-state index contributed by atoms with van der Waals surface area (Å²) in [5.41, 5.74) is 0. The van der Waals surface area contributed by atoms with Gasteiger partial charge in [0, 0.05) is 6.04 Å². The van der Waals surface area contributed by atoms with Crippen molar-refractivity contribution < 1.29 is 18.9 Å². The zero-order chi connectivity index (χ0) is 9.03. The van der Waals surface area contributed by atoms with E-state index in [4.69, 9.17) is 9.79 Å². The molecule has 1 rings (SSSR count). The van der Waals surface area contributed by atoms with Gasteiger partial charge in [-0.2, -0.15) is 0 Å². The van der Waals surface area contributed by atoms with Gasteiger partial charge in [-0.05, 0) is 25.8 Å². The van der Waals surface area contributed by atoms with Crippen molar-refractivity contribution in [1.29, 1.82) is 0 Å². The molecule has 0 aromatic rings. The molecule has 0 bridgehead atoms. The van der Waals surface area contributed by atoms with Crippen LogP contribution in [0, 0.1) is 0 Å². The number of phosphoric ester groups is 1. The van der Waals surface area contributed by atoms with E-state index in [9.17, 15) is 4.57 Å². The molecule has 5 nitrogen and oxygen atoms in total. The number of hydrogen-bond donors (Lipinski definition) is 3. The average Bonchev–Trinajstić information content (AvgIpc) is 2.36. The summed E-state index contributed by atoms with van der Waals surface area (Å²) in [7, 11) is -4.25. The Kier molecular flexibility index (Phi) is 3.68. The molecular weight excluding hydrogens is 181 g/mol. The van der Waals surface area contributed by atoms with Crippen LogP contribution in [0.5, 0.6) is 0 Å². The molecule has 0 radical (unpaired) electrons. The van der Waals surface area contributed by atoms with Crippen molar-refractivity contribution in [2.24, 2.45) is 0 Å². The fourth-order valence-electron chi connectivity index (χ4n) is 1.32. The van der Waals surface area contributed by atoms with Gasteiger partial charge in [-0.3, -0.25) is 4.52 Å². The van der Waals surface area contributed by atoms with E-state index in [1.54, 1.807) is 0 Å². The van der Waals surface area contributed by atoms with Gasteiger partial charge >= 0.3 is 7.82 Å². The van der Waals surface area contributed by atoms with Crippen molar-refractivity contribution in [2.75, 3.05) is 13.2 Å². The fourth-order valence-corrected chi connectivity index (χ4v) is 1.66. The van der Waals surface area contributed by atoms with Crippen LogP contribution in [0.15, 0.2) is 0 Å². The second kappa shape index (κ2) is 4.35. The summed E-state index contributed by atoms with van der Waals surface area (Å²) >= 11 is 0. The highest BCUT2D eigenvalue weighted by molar-refractivity contribution is 7.46. The topological polar surface area (TPSA) is 78.8 Å². The molecule has 0 amide bonds. The maximum Gasteiger partial charge on any atom is 0.469 e. The maximum absolute atomic E-state index is 10.3. The quantitative estimate of drug-likeness (QED) is 0.560. The second-order valence-electron chi connectivity index (χ2n) is 2.91. The van der Waals surface area contributed by atoms with Crippen LogP contribution in [0.1, 0.15) is 19.3 Å². The molecule has 1 heterocycles. The Balaban J connectivity index is 2.05. The zero-order valence-corrected chi connectivity index (χ0v) is 7.67. The molecule has 1 saturated heterocycles. The lowest BCUT2D eigenvalue weighted by molar-refractivity contribution is 0.189. The van der Waals surface area contributed by atoms with Gasteiger partial charge in [-0.25, -0.2) is 4.57 Å². The summed E-state index contributed by atoms with van der Waals surface area (Å²) < 4.78 is 14.6. The molecular formula is C6H14NO4P. The third-order valence-electron chi connectivity index (χ3n) is 1.89. The van der Waals surface area contributed by atoms with Gasteiger partial charge < -0.3 is 15.1 Å². The van der Waals surface area contributed by atoms with Crippen molar-refractivity contribution in [3.8, 4) is 0 Å². The van der Waals surface area contributed by atoms with Crippen molar-refractivity contribution >= 4 is 7.82 Å². The van der Waals surface area contributed by atoms with Crippen molar-refractivity contribution in [2.45, 2.75) is 25.3 Å². The van der Waals surface area contributed by atoms with Crippen LogP contribution in [0.25, 0.3) is 0 Å². The van der Waals surface area contributed by atoms with E-state index in [0.29, 0.717) is 12.5 Å². The predicted molar refractivity (Wildman–Crippen MR) is 43.6 cm³/mol. The van der Waals surface area contributed by atoms with E-state index < -0.39 is 7.82 Å². The molecule has 1 aliphatic heterocycles. The van der Waals surface area contributed by atoms with Crippen LogP contribution in [0.3, 0.4) is 0 Å². The molecule has 6 heteroatoms. The monoisotopic (exact) mass is 195 g/mol. The Bertz CT molecular complexity index is 174. The summed E-state index contributed by atoms with van der Waals surface area (Å²) in [6.45, 7) is 1.13. The van der Waals surface area contributed by atoms with Gasteiger partial charge in [0.15, 0.2) is 0 Å². The summed E-state index contributed by atoms with van der Waals surface area (Å²) in [5.74, 6) is 0. The SMILES string of the molecule is O=P(O)(O)OCCC1CCCN1. The Labute approximate surface area is 71.4 Å². The normalized spacial score (nSPS) is 24.7. The molecule has 72 valence electrons. The molecule has 1 atom stereocenters. The van der Waals surface area contributed by atoms with Gasteiger partial charge in [-0.1, -0.05) is 0 Å². The lowest BCUT2D eigenvalue weighted by Gasteiger charge is -2.10. The molecule has 1 unspecified atom stereocenters. The van der Waals surface area contributed by atoms with E-state index in [0.717, 1.165) is 19.4 Å². The summed E-state index contributed by atoms with van der Waals surface area (Å²) in [5, 5.41) is 3.21. The van der Waals surface area contributed by atoms with E-state index >= 15 is 0 Å². The van der Waals surface area contributed by atoms with Crippen LogP contribution in [-0.2, 0) is 9.09 Å². The van der Waals surface area contributed by atoms with Gasteiger partial charge in [0.05, 0.1) is 6.61 Å². The molecule has 0 aromatic carbocycles. The van der Waals surface area contributed by atoms with Gasteiger partial charge in [0.1, 0.15) is 0 Å². The van der Waals surface area contributed by atoms with E-state index in [1.807, 2.05) is 0 Å².